The van der Waals surface area contributed by atoms with E-state index in [-0.39, 0.29) is 109 Å². The second-order valence-corrected chi connectivity index (χ2v) is 23.5. The summed E-state index contributed by atoms with van der Waals surface area (Å²) >= 11 is 0. The second-order valence-electron chi connectivity index (χ2n) is 23.5. The normalized spacial score (nSPS) is 23.1. The molecule has 1 aliphatic heterocycles. The monoisotopic (exact) mass is 1190 g/mol. The number of amides is 8. The summed E-state index contributed by atoms with van der Waals surface area (Å²) in [5, 5.41) is 42.6. The summed E-state index contributed by atoms with van der Waals surface area (Å²) in [6, 6.07) is -9.27. The predicted molar refractivity (Wildman–Crippen MR) is 312 cm³/mol. The average Bonchev–Trinajstić information content (AvgIpc) is 3.56. The van der Waals surface area contributed by atoms with Crippen LogP contribution in [0.4, 0.5) is 0 Å². The van der Waals surface area contributed by atoms with Crippen molar-refractivity contribution in [3.8, 4) is 0 Å². The van der Waals surface area contributed by atoms with Gasteiger partial charge in [0.05, 0.1) is 48.1 Å². The largest absolute Gasteiger partial charge is 0.465 e. The van der Waals surface area contributed by atoms with Crippen LogP contribution in [0.2, 0.25) is 0 Å². The molecule has 1 aliphatic rings. The molecule has 1 heterocycles. The highest BCUT2D eigenvalue weighted by atomic mass is 16.5. The van der Waals surface area contributed by atoms with Gasteiger partial charge in [0.1, 0.15) is 30.8 Å². The molecular weight excluding hydrogens is 1090 g/mol. The van der Waals surface area contributed by atoms with Crippen molar-refractivity contribution in [2.45, 2.75) is 214 Å². The Morgan fingerprint density at radius 3 is 1.64 bits per heavy atom. The first kappa shape index (κ1) is 76.0. The third kappa shape index (κ3) is 26.9. The van der Waals surface area contributed by atoms with Crippen molar-refractivity contribution < 1.29 is 72.5 Å². The third-order valence-electron chi connectivity index (χ3n) is 14.7. The Hall–Kier alpha value is -6.00. The van der Waals surface area contributed by atoms with Gasteiger partial charge in [0.25, 0.3) is 0 Å². The van der Waals surface area contributed by atoms with Crippen molar-refractivity contribution in [2.75, 3.05) is 39.3 Å². The molecule has 0 aliphatic carbocycles. The van der Waals surface area contributed by atoms with Gasteiger partial charge in [-0.3, -0.25) is 57.5 Å². The number of aliphatic hydroxyl groups excluding tert-OH is 2. The van der Waals surface area contributed by atoms with Crippen molar-refractivity contribution in [2.24, 2.45) is 57.9 Å². The van der Waals surface area contributed by atoms with Gasteiger partial charge in [-0.2, -0.15) is 0 Å². The van der Waals surface area contributed by atoms with E-state index in [4.69, 9.17) is 27.7 Å². The molecule has 0 radical (unpaired) electrons. The molecule has 1 fully saturated rings. The van der Waals surface area contributed by atoms with E-state index in [0.717, 1.165) is 0 Å². The number of ether oxygens (including phenoxy) is 1. The van der Waals surface area contributed by atoms with E-state index < -0.39 is 168 Å². The van der Waals surface area contributed by atoms with Crippen LogP contribution in [-0.2, 0) is 62.3 Å². The lowest BCUT2D eigenvalue weighted by atomic mass is 9.90. The lowest BCUT2D eigenvalue weighted by Gasteiger charge is -2.28. The van der Waals surface area contributed by atoms with Gasteiger partial charge < -0.3 is 80.4 Å². The lowest BCUT2D eigenvalue weighted by Crippen LogP contribution is -2.58. The molecule has 12 atom stereocenters. The van der Waals surface area contributed by atoms with Crippen molar-refractivity contribution >= 4 is 70.6 Å². The van der Waals surface area contributed by atoms with Crippen LogP contribution in [0.3, 0.4) is 0 Å². The number of ketones is 3. The number of hydrogen-bond acceptors (Lipinski definition) is 19. The molecule has 27 nitrogen and oxygen atoms in total. The Bertz CT molecular complexity index is 2190. The van der Waals surface area contributed by atoms with E-state index in [2.05, 4.69) is 42.5 Å². The van der Waals surface area contributed by atoms with Crippen LogP contribution < -0.4 is 65.5 Å². The van der Waals surface area contributed by atoms with E-state index in [9.17, 15) is 67.7 Å². The Balaban J connectivity index is 3.81. The predicted octanol–water partition coefficient (Wildman–Crippen LogP) is -1.96. The smallest absolute Gasteiger partial charge is 0.311 e. The zero-order valence-electron chi connectivity index (χ0n) is 51.2. The fourth-order valence-electron chi connectivity index (χ4n) is 9.25. The van der Waals surface area contributed by atoms with E-state index in [1.165, 1.54) is 13.8 Å². The number of esters is 1. The number of carbonyl (C=O) groups excluding carboxylic acids is 12. The zero-order chi connectivity index (χ0) is 64.0. The summed E-state index contributed by atoms with van der Waals surface area (Å²) in [6.07, 6.45) is -4.46. The minimum atomic E-state index is -1.62. The minimum Gasteiger partial charge on any atom is -0.465 e. The molecule has 27 heteroatoms. The van der Waals surface area contributed by atoms with Crippen LogP contribution in [0.25, 0.3) is 0 Å². The number of nitrogens with two attached hydrogens (primary N) is 4. The number of nitrogens with one attached hydrogen (secondary N) is 8. The van der Waals surface area contributed by atoms with Crippen molar-refractivity contribution in [1.82, 2.24) is 42.5 Å². The van der Waals surface area contributed by atoms with Crippen LogP contribution in [0.15, 0.2) is 0 Å². The summed E-state index contributed by atoms with van der Waals surface area (Å²) in [4.78, 5) is 166. The second kappa shape index (κ2) is 38.8. The molecule has 1 rings (SSSR count). The standard InChI is InChI=1S/C57H102N12O15/c1-11-13-38(63-47(75)19-25-84-56(83)57(9,10)12-2)46(74)30-37(33(7)70)51(78)64-39(15-21-59)45(73)29-36-18-24-62-55(82)48(34(8)71)69-50(77)35(14-20-58)28-44(72)40(16-22-60)65-53(80)42(26-31(3)4)68-54(81)43(27-32(5)6)67-52(79)41(17-23-61)66-49(36)76/h31-43,48,70-71H,11-30,58-61H2,1-10H3,(H,62,82)(H,63,75)(H,64,78)(H,65,80)(H,66,76)(H,67,79)(H,68,81)(H,69,77)/t33?,34?,35-,36-,37+,38+,39+,40+,41+,42+,43-,48+/m1/s1. The van der Waals surface area contributed by atoms with Crippen LogP contribution in [-0.4, -0.2) is 175 Å². The van der Waals surface area contributed by atoms with E-state index in [1.54, 1.807) is 48.5 Å². The number of aliphatic hydroxyl groups is 2. The highest BCUT2D eigenvalue weighted by Gasteiger charge is 2.38. The van der Waals surface area contributed by atoms with Gasteiger partial charge in [-0.25, -0.2) is 0 Å². The van der Waals surface area contributed by atoms with Crippen LogP contribution >= 0.6 is 0 Å². The van der Waals surface area contributed by atoms with Gasteiger partial charge in [0, 0.05) is 37.6 Å². The number of hydrogen-bond donors (Lipinski definition) is 14. The third-order valence-corrected chi connectivity index (χ3v) is 14.7. The molecule has 0 saturated carbocycles. The van der Waals surface area contributed by atoms with Gasteiger partial charge >= 0.3 is 5.97 Å². The Kier molecular flexibility index (Phi) is 35.2. The molecule has 0 spiro atoms. The van der Waals surface area contributed by atoms with Gasteiger partial charge in [-0.05, 0) is 123 Å². The molecule has 2 unspecified atom stereocenters. The molecule has 1 saturated heterocycles. The molecular formula is C57H102N12O15. The molecule has 0 bridgehead atoms. The van der Waals surface area contributed by atoms with Crippen molar-refractivity contribution in [1.29, 1.82) is 0 Å². The minimum absolute atomic E-state index is 0.0467. The molecule has 8 amide bonds. The summed E-state index contributed by atoms with van der Waals surface area (Å²) in [5.74, 6) is -13.4. The average molecular weight is 1200 g/mol. The lowest BCUT2D eigenvalue weighted by molar-refractivity contribution is -0.154. The molecule has 480 valence electrons. The maximum Gasteiger partial charge on any atom is 0.311 e. The van der Waals surface area contributed by atoms with Crippen LogP contribution in [0.5, 0.6) is 0 Å². The van der Waals surface area contributed by atoms with Crippen LogP contribution in [0, 0.1) is 35.0 Å². The van der Waals surface area contributed by atoms with E-state index in [1.807, 2.05) is 6.92 Å². The first-order valence-electron chi connectivity index (χ1n) is 29.7. The number of rotatable bonds is 30. The quantitative estimate of drug-likeness (QED) is 0.0347. The maximum absolute atomic E-state index is 14.5. The Morgan fingerprint density at radius 1 is 0.631 bits per heavy atom. The Labute approximate surface area is 495 Å². The fraction of sp³-hybridized carbons (Fsp3) is 0.789. The summed E-state index contributed by atoms with van der Waals surface area (Å²) in [7, 11) is 0. The molecule has 0 aromatic rings. The summed E-state index contributed by atoms with van der Waals surface area (Å²) < 4.78 is 5.26. The first-order valence-corrected chi connectivity index (χ1v) is 29.7. The number of Topliss-reactive ketones (excluding diaryl/α,β-unsaturated/α-hetero) is 3. The molecule has 0 aromatic carbocycles. The fourth-order valence-corrected chi connectivity index (χ4v) is 9.25. The zero-order valence-corrected chi connectivity index (χ0v) is 51.2. The summed E-state index contributed by atoms with van der Waals surface area (Å²) in [5.41, 5.74) is 22.9. The summed E-state index contributed by atoms with van der Waals surface area (Å²) in [6.45, 7) is 15.6. The molecule has 0 aromatic heterocycles. The first-order chi connectivity index (χ1) is 39.4. The molecule has 18 N–H and O–H groups in total. The Morgan fingerprint density at radius 2 is 1.14 bits per heavy atom. The van der Waals surface area contributed by atoms with E-state index >= 15 is 0 Å². The topological polar surface area (TPSA) is 455 Å². The van der Waals surface area contributed by atoms with Crippen LogP contribution in [0.1, 0.15) is 159 Å². The highest BCUT2D eigenvalue weighted by molar-refractivity contribution is 5.99. The molecule has 84 heavy (non-hydrogen) atoms. The highest BCUT2D eigenvalue weighted by Crippen LogP contribution is 2.22. The van der Waals surface area contributed by atoms with Gasteiger partial charge in [0.15, 0.2) is 17.3 Å². The van der Waals surface area contributed by atoms with Gasteiger partial charge in [0.2, 0.25) is 47.3 Å². The number of carbonyl (C=O) groups is 12. The van der Waals surface area contributed by atoms with E-state index in [0.29, 0.717) is 12.8 Å². The maximum atomic E-state index is 14.5. The van der Waals surface area contributed by atoms with Gasteiger partial charge in [-0.1, -0.05) is 48.0 Å². The van der Waals surface area contributed by atoms with Gasteiger partial charge in [-0.15, -0.1) is 0 Å². The SMILES string of the molecule is CCC[C@H](NC(=O)CCOC(=O)C(C)(C)CC)C(=O)C[C@H](C(=O)N[C@@H](CCN)C(=O)C[C@H]1CCNC(=O)[C@H](C(C)O)NC(=O)[C@H](CCN)CC(=O)[C@H](CCN)NC(=O)[C@H](CC(C)C)NC(=O)[C@@H](CC(C)C)NC(=O)[C@H](CCN)NC1=O)C(C)O. The van der Waals surface area contributed by atoms with Crippen molar-refractivity contribution in [3.63, 3.8) is 0 Å². The van der Waals surface area contributed by atoms with Crippen molar-refractivity contribution in [3.05, 3.63) is 0 Å².